The van der Waals surface area contributed by atoms with Gasteiger partial charge in [-0.3, -0.25) is 4.79 Å². The third kappa shape index (κ3) is 4.28. The monoisotopic (exact) mass is 289 g/mol. The van der Waals surface area contributed by atoms with Gasteiger partial charge in [-0.15, -0.1) is 0 Å². The van der Waals surface area contributed by atoms with Crippen LogP contribution in [0.2, 0.25) is 0 Å². The molecule has 1 unspecified atom stereocenters. The highest BCUT2D eigenvalue weighted by molar-refractivity contribution is 9.09. The lowest BCUT2D eigenvalue weighted by atomic mass is 10.2. The third-order valence-corrected chi connectivity index (χ3v) is 2.51. The Morgan fingerprint density at radius 2 is 2.38 bits per heavy atom. The number of ether oxygens (including phenoxy) is 1. The SMILES string of the molecule is COCC(Br)CNC(=O)c1cccc(F)c1. The van der Waals surface area contributed by atoms with Gasteiger partial charge in [-0.25, -0.2) is 4.39 Å². The molecule has 0 heterocycles. The molecule has 0 saturated carbocycles. The van der Waals surface area contributed by atoms with Crippen molar-refractivity contribution in [2.45, 2.75) is 4.83 Å². The number of carbonyl (C=O) groups is 1. The molecular weight excluding hydrogens is 277 g/mol. The van der Waals surface area contributed by atoms with Crippen LogP contribution in [0.1, 0.15) is 10.4 Å². The number of hydrogen-bond acceptors (Lipinski definition) is 2. The quantitative estimate of drug-likeness (QED) is 0.842. The summed E-state index contributed by atoms with van der Waals surface area (Å²) in [5.74, 6) is -0.708. The van der Waals surface area contributed by atoms with Gasteiger partial charge in [-0.1, -0.05) is 22.0 Å². The Hall–Kier alpha value is -0.940. The highest BCUT2D eigenvalue weighted by Gasteiger charge is 2.09. The second kappa shape index (κ2) is 6.60. The Balaban J connectivity index is 2.47. The highest BCUT2D eigenvalue weighted by atomic mass is 79.9. The first-order valence-electron chi connectivity index (χ1n) is 4.80. The van der Waals surface area contributed by atoms with Crippen LogP contribution in [0.15, 0.2) is 24.3 Å². The average molecular weight is 290 g/mol. The minimum atomic E-state index is -0.417. The molecule has 0 saturated heterocycles. The van der Waals surface area contributed by atoms with Gasteiger partial charge >= 0.3 is 0 Å². The van der Waals surface area contributed by atoms with Gasteiger partial charge in [0.2, 0.25) is 0 Å². The number of benzene rings is 1. The van der Waals surface area contributed by atoms with E-state index in [1.54, 1.807) is 13.2 Å². The molecule has 0 aromatic heterocycles. The van der Waals surface area contributed by atoms with Gasteiger partial charge in [0, 0.05) is 19.2 Å². The van der Waals surface area contributed by atoms with Crippen LogP contribution in [0.5, 0.6) is 0 Å². The van der Waals surface area contributed by atoms with Gasteiger partial charge in [0.05, 0.1) is 11.4 Å². The van der Waals surface area contributed by atoms with Crippen molar-refractivity contribution in [3.05, 3.63) is 35.6 Å². The average Bonchev–Trinajstić information content (AvgIpc) is 2.26. The Morgan fingerprint density at radius 3 is 3.00 bits per heavy atom. The molecule has 0 fully saturated rings. The topological polar surface area (TPSA) is 38.3 Å². The molecule has 1 aromatic carbocycles. The summed E-state index contributed by atoms with van der Waals surface area (Å²) in [6.45, 7) is 0.937. The number of halogens is 2. The lowest BCUT2D eigenvalue weighted by Crippen LogP contribution is -2.31. The van der Waals surface area contributed by atoms with Crippen molar-refractivity contribution in [3.63, 3.8) is 0 Å². The lowest BCUT2D eigenvalue weighted by molar-refractivity contribution is 0.0949. The van der Waals surface area contributed by atoms with E-state index in [1.165, 1.54) is 18.2 Å². The molecule has 88 valence electrons. The van der Waals surface area contributed by atoms with Crippen LogP contribution < -0.4 is 5.32 Å². The number of amides is 1. The van der Waals surface area contributed by atoms with E-state index in [9.17, 15) is 9.18 Å². The summed E-state index contributed by atoms with van der Waals surface area (Å²) in [5.41, 5.74) is 0.317. The summed E-state index contributed by atoms with van der Waals surface area (Å²) in [4.78, 5) is 11.6. The largest absolute Gasteiger partial charge is 0.383 e. The molecule has 1 aromatic rings. The number of hydrogen-bond donors (Lipinski definition) is 1. The number of carbonyl (C=O) groups excluding carboxylic acids is 1. The predicted molar refractivity (Wildman–Crippen MR) is 63.3 cm³/mol. The molecule has 1 amide bonds. The molecule has 0 aliphatic rings. The summed E-state index contributed by atoms with van der Waals surface area (Å²) < 4.78 is 17.7. The Morgan fingerprint density at radius 1 is 1.62 bits per heavy atom. The molecule has 16 heavy (non-hydrogen) atoms. The molecular formula is C11H13BrFNO2. The second-order valence-corrected chi connectivity index (χ2v) is 4.57. The first-order chi connectivity index (χ1) is 7.63. The van der Waals surface area contributed by atoms with Gasteiger partial charge in [-0.2, -0.15) is 0 Å². The fraction of sp³-hybridized carbons (Fsp3) is 0.364. The maximum atomic E-state index is 12.8. The van der Waals surface area contributed by atoms with Crippen LogP contribution in [-0.2, 0) is 4.74 Å². The van der Waals surface area contributed by atoms with Gasteiger partial charge < -0.3 is 10.1 Å². The molecule has 3 nitrogen and oxygen atoms in total. The number of alkyl halides is 1. The normalized spacial score (nSPS) is 12.2. The van der Waals surface area contributed by atoms with Gasteiger partial charge in [-0.05, 0) is 18.2 Å². The fourth-order valence-electron chi connectivity index (χ4n) is 1.17. The second-order valence-electron chi connectivity index (χ2n) is 3.27. The minimum absolute atomic E-state index is 0.0509. The molecule has 0 aliphatic carbocycles. The van der Waals surface area contributed by atoms with Crippen molar-refractivity contribution in [2.75, 3.05) is 20.3 Å². The van der Waals surface area contributed by atoms with Crippen LogP contribution in [0.3, 0.4) is 0 Å². The summed E-state index contributed by atoms with van der Waals surface area (Å²) in [6, 6.07) is 5.58. The number of rotatable bonds is 5. The molecule has 0 bridgehead atoms. The summed E-state index contributed by atoms with van der Waals surface area (Å²) in [5, 5.41) is 2.68. The van der Waals surface area contributed by atoms with Crippen LogP contribution in [0.4, 0.5) is 4.39 Å². The molecule has 1 N–H and O–H groups in total. The van der Waals surface area contributed by atoms with E-state index in [4.69, 9.17) is 4.74 Å². The van der Waals surface area contributed by atoms with Crippen molar-refractivity contribution in [3.8, 4) is 0 Å². The van der Waals surface area contributed by atoms with Gasteiger partial charge in [0.1, 0.15) is 5.82 Å². The van der Waals surface area contributed by atoms with Crippen LogP contribution in [0.25, 0.3) is 0 Å². The summed E-state index contributed by atoms with van der Waals surface area (Å²) in [6.07, 6.45) is 0. The zero-order valence-electron chi connectivity index (χ0n) is 8.87. The zero-order valence-corrected chi connectivity index (χ0v) is 10.5. The lowest BCUT2D eigenvalue weighted by Gasteiger charge is -2.10. The first-order valence-corrected chi connectivity index (χ1v) is 5.72. The summed E-state index contributed by atoms with van der Waals surface area (Å²) in [7, 11) is 1.59. The maximum absolute atomic E-state index is 12.8. The molecule has 5 heteroatoms. The van der Waals surface area contributed by atoms with Crippen LogP contribution in [-0.4, -0.2) is 31.0 Å². The molecule has 0 spiro atoms. The smallest absolute Gasteiger partial charge is 0.251 e. The van der Waals surface area contributed by atoms with Crippen molar-refractivity contribution in [1.29, 1.82) is 0 Å². The van der Waals surface area contributed by atoms with E-state index in [0.29, 0.717) is 18.7 Å². The van der Waals surface area contributed by atoms with Crippen molar-refractivity contribution < 1.29 is 13.9 Å². The van der Waals surface area contributed by atoms with E-state index < -0.39 is 5.82 Å². The van der Waals surface area contributed by atoms with Gasteiger partial charge in [0.25, 0.3) is 5.91 Å². The molecule has 1 atom stereocenters. The van der Waals surface area contributed by atoms with Crippen LogP contribution in [0, 0.1) is 5.82 Å². The molecule has 0 aliphatic heterocycles. The summed E-state index contributed by atoms with van der Waals surface area (Å²) >= 11 is 3.34. The Labute approximate surface area is 102 Å². The van der Waals surface area contributed by atoms with Crippen molar-refractivity contribution in [2.24, 2.45) is 0 Å². The molecule has 0 radical (unpaired) electrons. The first kappa shape index (κ1) is 13.1. The standard InChI is InChI=1S/C11H13BrFNO2/c1-16-7-9(12)6-14-11(15)8-3-2-4-10(13)5-8/h2-5,9H,6-7H2,1H3,(H,14,15). The Bertz CT molecular complexity index is 360. The highest BCUT2D eigenvalue weighted by Crippen LogP contribution is 2.04. The van der Waals surface area contributed by atoms with E-state index in [0.717, 1.165) is 0 Å². The Kier molecular flexibility index (Phi) is 5.42. The van der Waals surface area contributed by atoms with Crippen molar-refractivity contribution in [1.82, 2.24) is 5.32 Å². The molecule has 1 rings (SSSR count). The number of methoxy groups -OCH3 is 1. The van der Waals surface area contributed by atoms with E-state index >= 15 is 0 Å². The fourth-order valence-corrected chi connectivity index (χ4v) is 1.60. The van der Waals surface area contributed by atoms with E-state index in [1.807, 2.05) is 0 Å². The maximum Gasteiger partial charge on any atom is 0.251 e. The predicted octanol–water partition coefficient (Wildman–Crippen LogP) is 1.97. The zero-order chi connectivity index (χ0) is 12.0. The minimum Gasteiger partial charge on any atom is -0.383 e. The third-order valence-electron chi connectivity index (χ3n) is 1.92. The van der Waals surface area contributed by atoms with Crippen LogP contribution >= 0.6 is 15.9 Å². The number of nitrogens with one attached hydrogen (secondary N) is 1. The van der Waals surface area contributed by atoms with E-state index in [2.05, 4.69) is 21.2 Å². The van der Waals surface area contributed by atoms with Gasteiger partial charge in [0.15, 0.2) is 0 Å². The van der Waals surface area contributed by atoms with Crippen molar-refractivity contribution >= 4 is 21.8 Å². The van der Waals surface area contributed by atoms with E-state index in [-0.39, 0.29) is 10.7 Å².